The molecule has 3 aliphatic heterocycles. The Morgan fingerprint density at radius 3 is 2.74 bits per heavy atom. The molecule has 0 aliphatic carbocycles. The fraction of sp³-hybridized carbons (Fsp3) is 0.483. The molecule has 5 heterocycles. The molecule has 0 bridgehead atoms. The summed E-state index contributed by atoms with van der Waals surface area (Å²) in [5.74, 6) is 1.66. The molecule has 3 aromatic rings. The van der Waals surface area contributed by atoms with Crippen LogP contribution in [0, 0.1) is 0 Å². The summed E-state index contributed by atoms with van der Waals surface area (Å²) in [6.07, 6.45) is 5.44. The van der Waals surface area contributed by atoms with Gasteiger partial charge in [-0.15, -0.1) is 0 Å². The number of hydrogen-bond acceptors (Lipinski definition) is 8. The van der Waals surface area contributed by atoms with Crippen LogP contribution in [0.4, 0.5) is 23.0 Å². The second-order valence-corrected chi connectivity index (χ2v) is 11.5. The molecule has 0 saturated carbocycles. The number of anilines is 4. The number of morpholine rings is 1. The van der Waals surface area contributed by atoms with Crippen molar-refractivity contribution < 1.29 is 4.74 Å². The molecule has 3 aliphatic rings. The molecule has 1 N–H and O–H groups in total. The van der Waals surface area contributed by atoms with Crippen molar-refractivity contribution in [1.29, 1.82) is 0 Å². The summed E-state index contributed by atoms with van der Waals surface area (Å²) in [6.45, 7) is 13.1. The zero-order valence-electron chi connectivity index (χ0n) is 22.3. The maximum absolute atomic E-state index is 6.47. The van der Waals surface area contributed by atoms with Crippen LogP contribution >= 0.6 is 11.6 Å². The first-order valence-electron chi connectivity index (χ1n) is 13.6. The number of hydrogen-bond donors (Lipinski definition) is 1. The second-order valence-electron chi connectivity index (χ2n) is 11.1. The van der Waals surface area contributed by atoms with E-state index in [2.05, 4.69) is 67.0 Å². The lowest BCUT2D eigenvalue weighted by Crippen LogP contribution is -2.44. The first kappa shape index (κ1) is 25.3. The number of aromatic nitrogens is 3. The average molecular weight is 534 g/mol. The highest BCUT2D eigenvalue weighted by atomic mass is 35.5. The SMILES string of the molecule is CC1(C)CCN(CCN2CCOCC2)c2cc(Nc3ncnc4c3CN(c3ncccc3Cl)CC4)ccc21. The topological polar surface area (TPSA) is 69.7 Å². The molecule has 0 atom stereocenters. The minimum Gasteiger partial charge on any atom is -0.379 e. The first-order valence-corrected chi connectivity index (χ1v) is 14.0. The molecule has 2 aromatic heterocycles. The molecule has 0 amide bonds. The summed E-state index contributed by atoms with van der Waals surface area (Å²) in [6, 6.07) is 10.5. The van der Waals surface area contributed by atoms with Crippen LogP contribution in [0.5, 0.6) is 0 Å². The zero-order valence-corrected chi connectivity index (χ0v) is 23.0. The third-order valence-electron chi connectivity index (χ3n) is 8.17. The van der Waals surface area contributed by atoms with Crippen molar-refractivity contribution in [2.75, 3.05) is 67.6 Å². The van der Waals surface area contributed by atoms with Crippen LogP contribution in [-0.4, -0.2) is 72.3 Å². The summed E-state index contributed by atoms with van der Waals surface area (Å²) >= 11 is 6.47. The highest BCUT2D eigenvalue weighted by molar-refractivity contribution is 6.32. The lowest BCUT2D eigenvalue weighted by molar-refractivity contribution is 0.0391. The van der Waals surface area contributed by atoms with Crippen LogP contribution in [0.3, 0.4) is 0 Å². The molecule has 1 fully saturated rings. The van der Waals surface area contributed by atoms with Gasteiger partial charge in [-0.2, -0.15) is 0 Å². The minimum absolute atomic E-state index is 0.153. The van der Waals surface area contributed by atoms with Gasteiger partial charge in [0.2, 0.25) is 0 Å². The molecule has 0 radical (unpaired) electrons. The number of halogens is 1. The summed E-state index contributed by atoms with van der Waals surface area (Å²) in [5.41, 5.74) is 6.12. The van der Waals surface area contributed by atoms with Gasteiger partial charge in [0.1, 0.15) is 18.0 Å². The molecule has 8 nitrogen and oxygen atoms in total. The molecule has 0 spiro atoms. The normalized spacial score (nSPS) is 19.1. The Labute approximate surface area is 230 Å². The lowest BCUT2D eigenvalue weighted by Gasteiger charge is -2.41. The molecule has 6 rings (SSSR count). The van der Waals surface area contributed by atoms with E-state index in [9.17, 15) is 0 Å². The first-order chi connectivity index (χ1) is 18.5. The Hall–Kier alpha value is -2.94. The van der Waals surface area contributed by atoms with Gasteiger partial charge < -0.3 is 19.9 Å². The van der Waals surface area contributed by atoms with E-state index in [1.807, 2.05) is 12.1 Å². The number of pyridine rings is 1. The van der Waals surface area contributed by atoms with E-state index in [-0.39, 0.29) is 5.41 Å². The third-order valence-corrected chi connectivity index (χ3v) is 8.46. The van der Waals surface area contributed by atoms with Crippen molar-refractivity contribution in [3.05, 3.63) is 64.7 Å². The van der Waals surface area contributed by atoms with E-state index in [1.54, 1.807) is 12.5 Å². The Balaban J connectivity index is 1.25. The molecule has 9 heteroatoms. The van der Waals surface area contributed by atoms with Gasteiger partial charge in [0.25, 0.3) is 0 Å². The maximum Gasteiger partial charge on any atom is 0.147 e. The Morgan fingerprint density at radius 1 is 1.03 bits per heavy atom. The van der Waals surface area contributed by atoms with E-state index in [0.29, 0.717) is 11.6 Å². The smallest absolute Gasteiger partial charge is 0.147 e. The monoisotopic (exact) mass is 533 g/mol. The van der Waals surface area contributed by atoms with Crippen LogP contribution in [0.15, 0.2) is 42.9 Å². The van der Waals surface area contributed by atoms with Gasteiger partial charge >= 0.3 is 0 Å². The number of fused-ring (bicyclic) bond motifs is 2. The predicted molar refractivity (Wildman–Crippen MR) is 153 cm³/mol. The van der Waals surface area contributed by atoms with Crippen molar-refractivity contribution in [3.63, 3.8) is 0 Å². The second kappa shape index (κ2) is 10.7. The highest BCUT2D eigenvalue weighted by Crippen LogP contribution is 2.41. The fourth-order valence-corrected chi connectivity index (χ4v) is 6.05. The van der Waals surface area contributed by atoms with Gasteiger partial charge in [0.15, 0.2) is 0 Å². The van der Waals surface area contributed by atoms with Crippen molar-refractivity contribution in [2.45, 2.75) is 38.6 Å². The van der Waals surface area contributed by atoms with Gasteiger partial charge in [-0.1, -0.05) is 31.5 Å². The zero-order chi connectivity index (χ0) is 26.1. The number of benzene rings is 1. The number of nitrogens with zero attached hydrogens (tertiary/aromatic N) is 6. The quantitative estimate of drug-likeness (QED) is 0.491. The maximum atomic E-state index is 6.47. The van der Waals surface area contributed by atoms with E-state index in [0.717, 1.165) is 93.9 Å². The lowest BCUT2D eigenvalue weighted by atomic mass is 9.77. The third kappa shape index (κ3) is 5.17. The fourth-order valence-electron chi connectivity index (χ4n) is 5.81. The van der Waals surface area contributed by atoms with E-state index in [1.165, 1.54) is 11.3 Å². The highest BCUT2D eigenvalue weighted by Gasteiger charge is 2.32. The molecule has 0 unspecified atom stereocenters. The van der Waals surface area contributed by atoms with Gasteiger partial charge in [0, 0.05) is 75.4 Å². The van der Waals surface area contributed by atoms with Crippen LogP contribution in [-0.2, 0) is 23.1 Å². The summed E-state index contributed by atoms with van der Waals surface area (Å²) < 4.78 is 5.54. The molecular weight excluding hydrogens is 498 g/mol. The number of rotatable bonds is 6. The van der Waals surface area contributed by atoms with Crippen molar-refractivity contribution in [1.82, 2.24) is 19.9 Å². The predicted octanol–water partition coefficient (Wildman–Crippen LogP) is 4.65. The average Bonchev–Trinajstić information content (AvgIpc) is 2.93. The van der Waals surface area contributed by atoms with Crippen molar-refractivity contribution >= 4 is 34.6 Å². The summed E-state index contributed by atoms with van der Waals surface area (Å²) in [5, 5.41) is 4.30. The molecule has 1 saturated heterocycles. The van der Waals surface area contributed by atoms with E-state index >= 15 is 0 Å². The van der Waals surface area contributed by atoms with Gasteiger partial charge in [-0.3, -0.25) is 4.90 Å². The molecule has 200 valence electrons. The Kier molecular flexibility index (Phi) is 7.12. The number of ether oxygens (including phenoxy) is 1. The van der Waals surface area contributed by atoms with Gasteiger partial charge in [0.05, 0.1) is 23.9 Å². The van der Waals surface area contributed by atoms with Crippen LogP contribution < -0.4 is 15.1 Å². The van der Waals surface area contributed by atoms with E-state index < -0.39 is 0 Å². The van der Waals surface area contributed by atoms with Crippen molar-refractivity contribution in [2.24, 2.45) is 0 Å². The standard InChI is InChI=1S/C29H36ClN7O/c1-29(2)8-11-36(13-12-35-14-16-38-17-15-35)26-18-21(5-6-23(26)29)34-27-22-19-37(10-7-25(22)32-20-33-27)28-24(30)4-3-9-31-28/h3-6,9,18,20H,7-8,10-17,19H2,1-2H3,(H,32,33,34). The van der Waals surface area contributed by atoms with Gasteiger partial charge in [-0.05, 0) is 41.7 Å². The Bertz CT molecular complexity index is 1290. The minimum atomic E-state index is 0.153. The molecule has 1 aromatic carbocycles. The summed E-state index contributed by atoms with van der Waals surface area (Å²) in [7, 11) is 0. The molecular formula is C29H36ClN7O. The Morgan fingerprint density at radius 2 is 1.89 bits per heavy atom. The van der Waals surface area contributed by atoms with Crippen LogP contribution in [0.1, 0.15) is 37.1 Å². The van der Waals surface area contributed by atoms with Crippen molar-refractivity contribution in [3.8, 4) is 0 Å². The number of nitrogens with one attached hydrogen (secondary N) is 1. The van der Waals surface area contributed by atoms with Crippen LogP contribution in [0.2, 0.25) is 5.02 Å². The largest absolute Gasteiger partial charge is 0.379 e. The van der Waals surface area contributed by atoms with Gasteiger partial charge in [-0.25, -0.2) is 15.0 Å². The van der Waals surface area contributed by atoms with Crippen LogP contribution in [0.25, 0.3) is 0 Å². The summed E-state index contributed by atoms with van der Waals surface area (Å²) in [4.78, 5) is 21.1. The van der Waals surface area contributed by atoms with E-state index in [4.69, 9.17) is 16.3 Å². The molecule has 38 heavy (non-hydrogen) atoms.